The van der Waals surface area contributed by atoms with Crippen LogP contribution in [0.1, 0.15) is 18.7 Å². The lowest BCUT2D eigenvalue weighted by atomic mass is 10.2. The Hall–Kier alpha value is -1.81. The van der Waals surface area contributed by atoms with Crippen molar-refractivity contribution in [2.24, 2.45) is 0 Å². The van der Waals surface area contributed by atoms with E-state index in [2.05, 4.69) is 21.2 Å². The Morgan fingerprint density at radius 3 is 2.70 bits per heavy atom. The van der Waals surface area contributed by atoms with E-state index in [4.69, 9.17) is 4.42 Å². The molecule has 1 atom stereocenters. The molecule has 0 radical (unpaired) electrons. The molecule has 2 nitrogen and oxygen atoms in total. The van der Waals surface area contributed by atoms with Crippen molar-refractivity contribution in [3.63, 3.8) is 0 Å². The summed E-state index contributed by atoms with van der Waals surface area (Å²) < 4.78 is 19.5. The number of benzene rings is 2. The third kappa shape index (κ3) is 2.56. The molecule has 2 aromatic carbocycles. The summed E-state index contributed by atoms with van der Waals surface area (Å²) in [6.07, 6.45) is 0. The molecule has 1 aromatic heterocycles. The lowest BCUT2D eigenvalue weighted by Crippen LogP contribution is -2.05. The van der Waals surface area contributed by atoms with E-state index in [1.165, 1.54) is 6.07 Å². The smallest absolute Gasteiger partial charge is 0.137 e. The third-order valence-electron chi connectivity index (χ3n) is 3.17. The van der Waals surface area contributed by atoms with E-state index >= 15 is 0 Å². The zero-order chi connectivity index (χ0) is 14.1. The number of anilines is 1. The highest BCUT2D eigenvalue weighted by Crippen LogP contribution is 2.27. The van der Waals surface area contributed by atoms with Gasteiger partial charge in [-0.15, -0.1) is 0 Å². The van der Waals surface area contributed by atoms with Crippen LogP contribution in [0.3, 0.4) is 0 Å². The number of hydrogen-bond acceptors (Lipinski definition) is 2. The van der Waals surface area contributed by atoms with Gasteiger partial charge in [-0.2, -0.15) is 0 Å². The first-order valence-corrected chi connectivity index (χ1v) is 7.13. The molecule has 0 fully saturated rings. The number of nitrogens with one attached hydrogen (secondary N) is 1. The van der Waals surface area contributed by atoms with Gasteiger partial charge < -0.3 is 9.73 Å². The molecule has 3 aromatic rings. The van der Waals surface area contributed by atoms with Gasteiger partial charge in [0.05, 0.1) is 10.5 Å². The number of hydrogen-bond donors (Lipinski definition) is 1. The normalized spacial score (nSPS) is 12.6. The molecule has 0 aliphatic rings. The highest BCUT2D eigenvalue weighted by Gasteiger charge is 2.12. The SMILES string of the molecule is CC(Nc1ccc(F)c(Br)c1)c1cc2ccccc2o1. The zero-order valence-corrected chi connectivity index (χ0v) is 12.4. The van der Waals surface area contributed by atoms with Crippen LogP contribution in [0.4, 0.5) is 10.1 Å². The monoisotopic (exact) mass is 333 g/mol. The maximum atomic E-state index is 13.2. The molecule has 20 heavy (non-hydrogen) atoms. The molecular weight excluding hydrogens is 321 g/mol. The zero-order valence-electron chi connectivity index (χ0n) is 10.9. The second-order valence-corrected chi connectivity index (χ2v) is 5.54. The summed E-state index contributed by atoms with van der Waals surface area (Å²) in [4.78, 5) is 0. The van der Waals surface area contributed by atoms with Gasteiger partial charge in [0.2, 0.25) is 0 Å². The van der Waals surface area contributed by atoms with Crippen molar-refractivity contribution in [3.05, 3.63) is 64.6 Å². The number of rotatable bonds is 3. The third-order valence-corrected chi connectivity index (χ3v) is 3.78. The van der Waals surface area contributed by atoms with Gasteiger partial charge in [0.15, 0.2) is 0 Å². The van der Waals surface area contributed by atoms with E-state index in [0.29, 0.717) is 4.47 Å². The van der Waals surface area contributed by atoms with Crippen molar-refractivity contribution in [2.45, 2.75) is 13.0 Å². The summed E-state index contributed by atoms with van der Waals surface area (Å²) in [5.74, 6) is 0.582. The molecule has 0 aliphatic heterocycles. The van der Waals surface area contributed by atoms with E-state index in [1.807, 2.05) is 37.3 Å². The molecule has 0 amide bonds. The average molecular weight is 334 g/mol. The largest absolute Gasteiger partial charge is 0.459 e. The van der Waals surface area contributed by atoms with Crippen LogP contribution in [0, 0.1) is 5.82 Å². The van der Waals surface area contributed by atoms with E-state index < -0.39 is 0 Å². The predicted molar refractivity (Wildman–Crippen MR) is 82.4 cm³/mol. The summed E-state index contributed by atoms with van der Waals surface area (Å²) in [6, 6.07) is 14.8. The summed E-state index contributed by atoms with van der Waals surface area (Å²) in [6.45, 7) is 2.01. The predicted octanol–water partition coefficient (Wildman–Crippen LogP) is 5.51. The van der Waals surface area contributed by atoms with Gasteiger partial charge in [-0.3, -0.25) is 0 Å². The fourth-order valence-electron chi connectivity index (χ4n) is 2.12. The van der Waals surface area contributed by atoms with Gasteiger partial charge in [0.1, 0.15) is 17.2 Å². The standard InChI is InChI=1S/C16H13BrFNO/c1-10(19-12-6-7-14(18)13(17)9-12)16-8-11-4-2-3-5-15(11)20-16/h2-10,19H,1H3. The molecule has 4 heteroatoms. The molecule has 0 aliphatic carbocycles. The van der Waals surface area contributed by atoms with Crippen molar-refractivity contribution < 1.29 is 8.81 Å². The Balaban J connectivity index is 1.84. The quantitative estimate of drug-likeness (QED) is 0.683. The highest BCUT2D eigenvalue weighted by molar-refractivity contribution is 9.10. The minimum absolute atomic E-state index is 0.000221. The second-order valence-electron chi connectivity index (χ2n) is 4.68. The number of fused-ring (bicyclic) bond motifs is 1. The Labute approximate surface area is 124 Å². The van der Waals surface area contributed by atoms with Crippen LogP contribution in [0.2, 0.25) is 0 Å². The second kappa shape index (κ2) is 5.29. The first kappa shape index (κ1) is 13.2. The minimum atomic E-state index is -0.271. The van der Waals surface area contributed by atoms with Crippen molar-refractivity contribution in [2.75, 3.05) is 5.32 Å². The van der Waals surface area contributed by atoms with Gasteiger partial charge in [0, 0.05) is 11.1 Å². The van der Waals surface area contributed by atoms with Gasteiger partial charge in [-0.1, -0.05) is 18.2 Å². The molecule has 0 bridgehead atoms. The molecule has 0 saturated carbocycles. The first-order valence-electron chi connectivity index (χ1n) is 6.33. The fraction of sp³-hybridized carbons (Fsp3) is 0.125. The van der Waals surface area contributed by atoms with Crippen LogP contribution in [-0.4, -0.2) is 0 Å². The van der Waals surface area contributed by atoms with Gasteiger partial charge in [0.25, 0.3) is 0 Å². The van der Waals surface area contributed by atoms with Crippen LogP contribution in [-0.2, 0) is 0 Å². The fourth-order valence-corrected chi connectivity index (χ4v) is 2.50. The van der Waals surface area contributed by atoms with Gasteiger partial charge in [-0.05, 0) is 53.2 Å². The van der Waals surface area contributed by atoms with Crippen LogP contribution < -0.4 is 5.32 Å². The summed E-state index contributed by atoms with van der Waals surface area (Å²) in [5.41, 5.74) is 1.71. The van der Waals surface area contributed by atoms with Crippen LogP contribution in [0.15, 0.2) is 57.4 Å². The number of para-hydroxylation sites is 1. The lowest BCUT2D eigenvalue weighted by molar-refractivity contribution is 0.526. The number of halogens is 2. The van der Waals surface area contributed by atoms with E-state index in [9.17, 15) is 4.39 Å². The van der Waals surface area contributed by atoms with Gasteiger partial charge in [-0.25, -0.2) is 4.39 Å². The van der Waals surface area contributed by atoms with Crippen LogP contribution in [0.25, 0.3) is 11.0 Å². The molecule has 1 unspecified atom stereocenters. The van der Waals surface area contributed by atoms with Gasteiger partial charge >= 0.3 is 0 Å². The Morgan fingerprint density at radius 1 is 1.15 bits per heavy atom. The molecule has 0 saturated heterocycles. The van der Waals surface area contributed by atoms with Crippen molar-refractivity contribution in [1.82, 2.24) is 0 Å². The number of furan rings is 1. The lowest BCUT2D eigenvalue weighted by Gasteiger charge is -2.13. The topological polar surface area (TPSA) is 25.2 Å². The maximum Gasteiger partial charge on any atom is 0.137 e. The van der Waals surface area contributed by atoms with Crippen molar-refractivity contribution in [3.8, 4) is 0 Å². The molecule has 3 rings (SSSR count). The summed E-state index contributed by atoms with van der Waals surface area (Å²) in [7, 11) is 0. The average Bonchev–Trinajstić information content (AvgIpc) is 2.87. The molecule has 1 N–H and O–H groups in total. The molecular formula is C16H13BrFNO. The summed E-state index contributed by atoms with van der Waals surface area (Å²) >= 11 is 3.18. The minimum Gasteiger partial charge on any atom is -0.459 e. The highest BCUT2D eigenvalue weighted by atomic mass is 79.9. The summed E-state index contributed by atoms with van der Waals surface area (Å²) in [5, 5.41) is 4.38. The Kier molecular flexibility index (Phi) is 3.49. The van der Waals surface area contributed by atoms with Crippen LogP contribution >= 0.6 is 15.9 Å². The molecule has 1 heterocycles. The van der Waals surface area contributed by atoms with Crippen LogP contribution in [0.5, 0.6) is 0 Å². The first-order chi connectivity index (χ1) is 9.63. The van der Waals surface area contributed by atoms with E-state index in [0.717, 1.165) is 22.4 Å². The van der Waals surface area contributed by atoms with Crippen molar-refractivity contribution in [1.29, 1.82) is 0 Å². The molecule has 0 spiro atoms. The maximum absolute atomic E-state index is 13.2. The molecule has 102 valence electrons. The Morgan fingerprint density at radius 2 is 1.95 bits per heavy atom. The van der Waals surface area contributed by atoms with E-state index in [1.54, 1.807) is 12.1 Å². The van der Waals surface area contributed by atoms with Crippen molar-refractivity contribution >= 4 is 32.6 Å². The van der Waals surface area contributed by atoms with E-state index in [-0.39, 0.29) is 11.9 Å². The Bertz CT molecular complexity index is 720.